The third-order valence-corrected chi connectivity index (χ3v) is 4.07. The number of piperidine rings is 1. The number of carbonyl (C=O) groups is 1. The molecule has 3 rings (SSSR count). The van der Waals surface area contributed by atoms with Gasteiger partial charge in [0.15, 0.2) is 5.79 Å². The quantitative estimate of drug-likeness (QED) is 0.817. The molecule has 0 radical (unpaired) electrons. The van der Waals surface area contributed by atoms with Gasteiger partial charge in [0.25, 0.3) is 5.91 Å². The molecule has 1 amide bonds. The Kier molecular flexibility index (Phi) is 3.82. The number of aromatic nitrogens is 1. The van der Waals surface area contributed by atoms with Gasteiger partial charge < -0.3 is 19.3 Å². The molecule has 6 heteroatoms. The molecule has 2 aliphatic heterocycles. The van der Waals surface area contributed by atoms with Gasteiger partial charge in [-0.1, -0.05) is 0 Å². The van der Waals surface area contributed by atoms with E-state index in [0.717, 1.165) is 12.8 Å². The highest BCUT2D eigenvalue weighted by Gasteiger charge is 2.41. The SMILES string of the molecule is CN(C)c1ncccc1C(=O)N1CCC2(CC1)OCCO2. The van der Waals surface area contributed by atoms with E-state index < -0.39 is 5.79 Å². The first-order valence-electron chi connectivity index (χ1n) is 7.31. The first-order valence-corrected chi connectivity index (χ1v) is 7.31. The van der Waals surface area contributed by atoms with E-state index in [1.807, 2.05) is 30.0 Å². The average Bonchev–Trinajstić information content (AvgIpc) is 2.95. The lowest BCUT2D eigenvalue weighted by Gasteiger charge is -2.37. The molecule has 1 aromatic heterocycles. The van der Waals surface area contributed by atoms with Crippen LogP contribution >= 0.6 is 0 Å². The summed E-state index contributed by atoms with van der Waals surface area (Å²) < 4.78 is 11.4. The maximum absolute atomic E-state index is 12.7. The number of hydrogen-bond acceptors (Lipinski definition) is 5. The summed E-state index contributed by atoms with van der Waals surface area (Å²) in [5, 5.41) is 0. The van der Waals surface area contributed by atoms with Gasteiger partial charge in [-0.25, -0.2) is 4.98 Å². The maximum Gasteiger partial charge on any atom is 0.257 e. The van der Waals surface area contributed by atoms with Crippen LogP contribution in [0.15, 0.2) is 18.3 Å². The highest BCUT2D eigenvalue weighted by Crippen LogP contribution is 2.32. The summed E-state index contributed by atoms with van der Waals surface area (Å²) >= 11 is 0. The van der Waals surface area contributed by atoms with Gasteiger partial charge in [-0.3, -0.25) is 4.79 Å². The van der Waals surface area contributed by atoms with Gasteiger partial charge >= 0.3 is 0 Å². The van der Waals surface area contributed by atoms with Gasteiger partial charge in [0.05, 0.1) is 18.8 Å². The highest BCUT2D eigenvalue weighted by atomic mass is 16.7. The van der Waals surface area contributed by atoms with Crippen molar-refractivity contribution >= 4 is 11.7 Å². The molecule has 0 aliphatic carbocycles. The van der Waals surface area contributed by atoms with Gasteiger partial charge in [0, 0.05) is 46.2 Å². The third kappa shape index (κ3) is 2.73. The summed E-state index contributed by atoms with van der Waals surface area (Å²) in [5.74, 6) is 0.284. The van der Waals surface area contributed by atoms with E-state index in [9.17, 15) is 4.79 Å². The number of amides is 1. The fourth-order valence-corrected chi connectivity index (χ4v) is 2.93. The first kappa shape index (κ1) is 14.3. The zero-order valence-electron chi connectivity index (χ0n) is 12.5. The Hall–Kier alpha value is -1.66. The maximum atomic E-state index is 12.7. The largest absolute Gasteiger partial charge is 0.362 e. The third-order valence-electron chi connectivity index (χ3n) is 4.07. The summed E-state index contributed by atoms with van der Waals surface area (Å²) in [6, 6.07) is 3.63. The Balaban J connectivity index is 1.72. The van der Waals surface area contributed by atoms with Crippen LogP contribution in [0.4, 0.5) is 5.82 Å². The van der Waals surface area contributed by atoms with Crippen molar-refractivity contribution in [3.63, 3.8) is 0 Å². The molecule has 3 heterocycles. The molecule has 0 saturated carbocycles. The molecular weight excluding hydrogens is 270 g/mol. The number of ether oxygens (including phenoxy) is 2. The number of carbonyl (C=O) groups excluding carboxylic acids is 1. The molecule has 2 aliphatic rings. The average molecular weight is 291 g/mol. The summed E-state index contributed by atoms with van der Waals surface area (Å²) in [4.78, 5) is 20.7. The van der Waals surface area contributed by atoms with Crippen molar-refractivity contribution in [3.05, 3.63) is 23.9 Å². The molecule has 1 spiro atoms. The zero-order chi connectivity index (χ0) is 14.9. The molecule has 0 unspecified atom stereocenters. The minimum absolute atomic E-state index is 0.0275. The fourth-order valence-electron chi connectivity index (χ4n) is 2.93. The summed E-state index contributed by atoms with van der Waals surface area (Å²) in [7, 11) is 3.79. The number of likely N-dealkylation sites (tertiary alicyclic amines) is 1. The second-order valence-corrected chi connectivity index (χ2v) is 5.67. The van der Waals surface area contributed by atoms with E-state index >= 15 is 0 Å². The highest BCUT2D eigenvalue weighted by molar-refractivity contribution is 5.98. The van der Waals surface area contributed by atoms with Crippen LogP contribution in [0.2, 0.25) is 0 Å². The first-order chi connectivity index (χ1) is 10.1. The number of hydrogen-bond donors (Lipinski definition) is 0. The lowest BCUT2D eigenvalue weighted by molar-refractivity contribution is -0.181. The summed E-state index contributed by atoms with van der Waals surface area (Å²) in [6.07, 6.45) is 3.17. The number of anilines is 1. The van der Waals surface area contributed by atoms with Gasteiger partial charge in [-0.05, 0) is 12.1 Å². The van der Waals surface area contributed by atoms with E-state index in [4.69, 9.17) is 9.47 Å². The van der Waals surface area contributed by atoms with Crippen molar-refractivity contribution < 1.29 is 14.3 Å². The van der Waals surface area contributed by atoms with E-state index in [1.165, 1.54) is 0 Å². The lowest BCUT2D eigenvalue weighted by Crippen LogP contribution is -2.47. The van der Waals surface area contributed by atoms with Crippen molar-refractivity contribution in [2.75, 3.05) is 45.3 Å². The lowest BCUT2D eigenvalue weighted by atomic mass is 10.0. The van der Waals surface area contributed by atoms with Gasteiger partial charge in [-0.15, -0.1) is 0 Å². The van der Waals surface area contributed by atoms with Crippen LogP contribution in [0.3, 0.4) is 0 Å². The van der Waals surface area contributed by atoms with Crippen molar-refractivity contribution in [2.45, 2.75) is 18.6 Å². The van der Waals surface area contributed by atoms with Crippen molar-refractivity contribution in [3.8, 4) is 0 Å². The summed E-state index contributed by atoms with van der Waals surface area (Å²) in [5.41, 5.74) is 0.645. The molecule has 21 heavy (non-hydrogen) atoms. The monoisotopic (exact) mass is 291 g/mol. The van der Waals surface area contributed by atoms with Crippen molar-refractivity contribution in [1.82, 2.24) is 9.88 Å². The standard InChI is InChI=1S/C15H21N3O3/c1-17(2)13-12(4-3-7-16-13)14(19)18-8-5-15(6-9-18)20-10-11-21-15/h3-4,7H,5-6,8-11H2,1-2H3. The Bertz CT molecular complexity index is 517. The van der Waals surface area contributed by atoms with Crippen LogP contribution in [0.25, 0.3) is 0 Å². The number of rotatable bonds is 2. The normalized spacial score (nSPS) is 20.8. The molecule has 2 saturated heterocycles. The van der Waals surface area contributed by atoms with Gasteiger partial charge in [0.1, 0.15) is 5.82 Å². The molecule has 0 atom stereocenters. The molecule has 0 bridgehead atoms. The molecular formula is C15H21N3O3. The van der Waals surface area contributed by atoms with E-state index in [2.05, 4.69) is 4.98 Å². The number of pyridine rings is 1. The van der Waals surface area contributed by atoms with Crippen molar-refractivity contribution in [1.29, 1.82) is 0 Å². The Morgan fingerprint density at radius 1 is 1.29 bits per heavy atom. The van der Waals surface area contributed by atoms with Crippen LogP contribution in [-0.4, -0.2) is 62.0 Å². The van der Waals surface area contributed by atoms with Crippen LogP contribution in [0.5, 0.6) is 0 Å². The minimum atomic E-state index is -0.448. The Labute approximate surface area is 124 Å². The van der Waals surface area contributed by atoms with Crippen LogP contribution in [0, 0.1) is 0 Å². The zero-order valence-corrected chi connectivity index (χ0v) is 12.5. The van der Waals surface area contributed by atoms with Crippen LogP contribution < -0.4 is 4.90 Å². The second kappa shape index (κ2) is 5.61. The van der Waals surface area contributed by atoms with Crippen LogP contribution in [-0.2, 0) is 9.47 Å². The molecule has 114 valence electrons. The van der Waals surface area contributed by atoms with E-state index in [1.54, 1.807) is 12.3 Å². The topological polar surface area (TPSA) is 54.9 Å². The molecule has 0 N–H and O–H groups in total. The predicted molar refractivity (Wildman–Crippen MR) is 78.3 cm³/mol. The molecule has 2 fully saturated rings. The molecule has 6 nitrogen and oxygen atoms in total. The van der Waals surface area contributed by atoms with Gasteiger partial charge in [0.2, 0.25) is 0 Å². The minimum Gasteiger partial charge on any atom is -0.362 e. The van der Waals surface area contributed by atoms with Crippen LogP contribution in [0.1, 0.15) is 23.2 Å². The number of nitrogens with zero attached hydrogens (tertiary/aromatic N) is 3. The summed E-state index contributed by atoms with van der Waals surface area (Å²) in [6.45, 7) is 2.61. The Morgan fingerprint density at radius 2 is 1.95 bits per heavy atom. The Morgan fingerprint density at radius 3 is 2.57 bits per heavy atom. The second-order valence-electron chi connectivity index (χ2n) is 5.67. The molecule has 1 aromatic rings. The van der Waals surface area contributed by atoms with E-state index in [-0.39, 0.29) is 5.91 Å². The van der Waals surface area contributed by atoms with Crippen molar-refractivity contribution in [2.24, 2.45) is 0 Å². The fraction of sp³-hybridized carbons (Fsp3) is 0.600. The van der Waals surface area contributed by atoms with Gasteiger partial charge in [-0.2, -0.15) is 0 Å². The molecule has 0 aromatic carbocycles. The predicted octanol–water partition coefficient (Wildman–Crippen LogP) is 1.13. The smallest absolute Gasteiger partial charge is 0.257 e. The van der Waals surface area contributed by atoms with E-state index in [0.29, 0.717) is 37.7 Å².